The van der Waals surface area contributed by atoms with Gasteiger partial charge in [0, 0.05) is 11.5 Å². The normalized spacial score (nSPS) is 11.6. The van der Waals surface area contributed by atoms with Gasteiger partial charge in [0.2, 0.25) is 0 Å². The number of rotatable bonds is 5. The smallest absolute Gasteiger partial charge is 0.0521 e. The molecule has 2 heteroatoms. The molecule has 0 aliphatic heterocycles. The van der Waals surface area contributed by atoms with Crippen molar-refractivity contribution in [1.29, 1.82) is 0 Å². The molecule has 1 N–H and O–H groups in total. The summed E-state index contributed by atoms with van der Waals surface area (Å²) < 4.78 is 0. The van der Waals surface area contributed by atoms with Crippen LogP contribution in [0.15, 0.2) is 12.2 Å². The highest BCUT2D eigenvalue weighted by Crippen LogP contribution is 2.00. The van der Waals surface area contributed by atoms with Crippen LogP contribution in [-0.2, 0) is 0 Å². The van der Waals surface area contributed by atoms with E-state index in [0.29, 0.717) is 12.5 Å². The number of thioether (sulfide) groups is 1. The summed E-state index contributed by atoms with van der Waals surface area (Å²) in [4.78, 5) is 0. The summed E-state index contributed by atoms with van der Waals surface area (Å²) in [5.74, 6) is 2.52. The molecule has 0 radical (unpaired) electrons. The first-order valence-electron chi connectivity index (χ1n) is 3.62. The fraction of sp³-hybridized carbons (Fsp3) is 0.750. The SMILES string of the molecule is CC(C)/C=C\CSCCO. The summed E-state index contributed by atoms with van der Waals surface area (Å²) in [5.41, 5.74) is 0. The third-order valence-corrected chi connectivity index (χ3v) is 1.87. The van der Waals surface area contributed by atoms with Gasteiger partial charge in [-0.25, -0.2) is 0 Å². The Kier molecular flexibility index (Phi) is 7.20. The van der Waals surface area contributed by atoms with E-state index in [2.05, 4.69) is 26.0 Å². The average Bonchev–Trinajstić information content (AvgIpc) is 1.87. The Morgan fingerprint density at radius 2 is 2.20 bits per heavy atom. The van der Waals surface area contributed by atoms with Gasteiger partial charge in [0.05, 0.1) is 6.61 Å². The molecule has 0 saturated carbocycles. The average molecular weight is 160 g/mol. The first-order valence-corrected chi connectivity index (χ1v) is 4.78. The fourth-order valence-corrected chi connectivity index (χ4v) is 1.09. The molecular formula is C8H16OS. The van der Waals surface area contributed by atoms with Crippen molar-refractivity contribution in [1.82, 2.24) is 0 Å². The van der Waals surface area contributed by atoms with Crippen molar-refractivity contribution in [2.24, 2.45) is 5.92 Å². The van der Waals surface area contributed by atoms with Crippen LogP contribution in [-0.4, -0.2) is 23.2 Å². The third kappa shape index (κ3) is 8.05. The quantitative estimate of drug-likeness (QED) is 0.490. The van der Waals surface area contributed by atoms with Gasteiger partial charge < -0.3 is 5.11 Å². The van der Waals surface area contributed by atoms with Crippen molar-refractivity contribution in [3.63, 3.8) is 0 Å². The van der Waals surface area contributed by atoms with E-state index in [1.165, 1.54) is 0 Å². The van der Waals surface area contributed by atoms with Gasteiger partial charge in [-0.2, -0.15) is 11.8 Å². The predicted molar refractivity (Wildman–Crippen MR) is 48.4 cm³/mol. The zero-order chi connectivity index (χ0) is 7.82. The molecule has 0 atom stereocenters. The van der Waals surface area contributed by atoms with Crippen molar-refractivity contribution in [3.8, 4) is 0 Å². The standard InChI is InChI=1S/C8H16OS/c1-8(2)4-3-6-10-7-5-9/h3-4,8-9H,5-7H2,1-2H3/b4-3-. The lowest BCUT2D eigenvalue weighted by atomic mass is 10.2. The van der Waals surface area contributed by atoms with Crippen LogP contribution in [0.25, 0.3) is 0 Å². The molecule has 0 spiro atoms. The van der Waals surface area contributed by atoms with Gasteiger partial charge in [-0.05, 0) is 5.92 Å². The van der Waals surface area contributed by atoms with Gasteiger partial charge in [0.15, 0.2) is 0 Å². The molecule has 0 bridgehead atoms. The number of hydrogen-bond acceptors (Lipinski definition) is 2. The molecular weight excluding hydrogens is 144 g/mol. The molecule has 0 amide bonds. The summed E-state index contributed by atoms with van der Waals surface area (Å²) in [6.45, 7) is 4.61. The minimum atomic E-state index is 0.292. The van der Waals surface area contributed by atoms with Gasteiger partial charge in [0.1, 0.15) is 0 Å². The third-order valence-electron chi connectivity index (χ3n) is 0.971. The summed E-state index contributed by atoms with van der Waals surface area (Å²) in [6.07, 6.45) is 4.34. The van der Waals surface area contributed by atoms with Gasteiger partial charge in [-0.3, -0.25) is 0 Å². The highest BCUT2D eigenvalue weighted by atomic mass is 32.2. The van der Waals surface area contributed by atoms with Gasteiger partial charge in [-0.15, -0.1) is 0 Å². The molecule has 60 valence electrons. The summed E-state index contributed by atoms with van der Waals surface area (Å²) >= 11 is 1.76. The predicted octanol–water partition coefficient (Wildman–Crippen LogP) is 1.92. The molecule has 0 fully saturated rings. The fourth-order valence-electron chi connectivity index (χ4n) is 0.544. The molecule has 10 heavy (non-hydrogen) atoms. The highest BCUT2D eigenvalue weighted by molar-refractivity contribution is 7.99. The Labute approximate surface area is 67.5 Å². The van der Waals surface area contributed by atoms with Crippen molar-refractivity contribution in [2.45, 2.75) is 13.8 Å². The second kappa shape index (κ2) is 7.16. The molecule has 0 saturated heterocycles. The van der Waals surface area contributed by atoms with E-state index < -0.39 is 0 Å². The Hall–Kier alpha value is 0.0500. The van der Waals surface area contributed by atoms with E-state index in [1.54, 1.807) is 11.8 Å². The van der Waals surface area contributed by atoms with Crippen LogP contribution < -0.4 is 0 Å². The Bertz CT molecular complexity index is 89.3. The maximum atomic E-state index is 8.43. The molecule has 0 aromatic carbocycles. The molecule has 0 aromatic rings. The van der Waals surface area contributed by atoms with Crippen molar-refractivity contribution < 1.29 is 5.11 Å². The van der Waals surface area contributed by atoms with Crippen molar-refractivity contribution in [2.75, 3.05) is 18.1 Å². The lowest BCUT2D eigenvalue weighted by Crippen LogP contribution is -1.86. The van der Waals surface area contributed by atoms with E-state index in [-0.39, 0.29) is 0 Å². The molecule has 0 aromatic heterocycles. The number of hydrogen-bond donors (Lipinski definition) is 1. The maximum absolute atomic E-state index is 8.43. The number of aliphatic hydroxyl groups is 1. The van der Waals surface area contributed by atoms with Crippen LogP contribution in [0.1, 0.15) is 13.8 Å². The molecule has 0 heterocycles. The monoisotopic (exact) mass is 160 g/mol. The molecule has 0 rings (SSSR count). The lowest BCUT2D eigenvalue weighted by Gasteiger charge is -1.94. The Morgan fingerprint density at radius 1 is 1.50 bits per heavy atom. The first-order chi connectivity index (χ1) is 4.77. The number of aliphatic hydroxyl groups excluding tert-OH is 1. The summed E-state index contributed by atoms with van der Waals surface area (Å²) in [7, 11) is 0. The van der Waals surface area contributed by atoms with Crippen LogP contribution >= 0.6 is 11.8 Å². The zero-order valence-corrected chi connectivity index (χ0v) is 7.53. The Morgan fingerprint density at radius 3 is 2.70 bits per heavy atom. The summed E-state index contributed by atoms with van der Waals surface area (Å²) in [5, 5.41) is 8.43. The van der Waals surface area contributed by atoms with Gasteiger partial charge in [0.25, 0.3) is 0 Å². The van der Waals surface area contributed by atoms with E-state index in [0.717, 1.165) is 11.5 Å². The second-order valence-electron chi connectivity index (χ2n) is 2.47. The first kappa shape index (κ1) is 10.0. The molecule has 1 nitrogen and oxygen atoms in total. The zero-order valence-electron chi connectivity index (χ0n) is 6.71. The Balaban J connectivity index is 3.02. The second-order valence-corrected chi connectivity index (χ2v) is 3.62. The lowest BCUT2D eigenvalue weighted by molar-refractivity contribution is 0.322. The van der Waals surface area contributed by atoms with Gasteiger partial charge >= 0.3 is 0 Å². The van der Waals surface area contributed by atoms with Crippen molar-refractivity contribution in [3.05, 3.63) is 12.2 Å². The number of allylic oxidation sites excluding steroid dienone is 1. The van der Waals surface area contributed by atoms with E-state index in [9.17, 15) is 0 Å². The van der Waals surface area contributed by atoms with Gasteiger partial charge in [-0.1, -0.05) is 26.0 Å². The van der Waals surface area contributed by atoms with Crippen LogP contribution in [0.5, 0.6) is 0 Å². The van der Waals surface area contributed by atoms with E-state index in [4.69, 9.17) is 5.11 Å². The highest BCUT2D eigenvalue weighted by Gasteiger charge is 1.84. The summed E-state index contributed by atoms with van der Waals surface area (Å²) in [6, 6.07) is 0. The maximum Gasteiger partial charge on any atom is 0.0521 e. The van der Waals surface area contributed by atoms with E-state index >= 15 is 0 Å². The minimum Gasteiger partial charge on any atom is -0.396 e. The minimum absolute atomic E-state index is 0.292. The van der Waals surface area contributed by atoms with Crippen LogP contribution in [0, 0.1) is 5.92 Å². The van der Waals surface area contributed by atoms with Crippen LogP contribution in [0.2, 0.25) is 0 Å². The topological polar surface area (TPSA) is 20.2 Å². The molecule has 0 unspecified atom stereocenters. The van der Waals surface area contributed by atoms with Crippen LogP contribution in [0.3, 0.4) is 0 Å². The molecule has 0 aliphatic rings. The van der Waals surface area contributed by atoms with Crippen molar-refractivity contribution >= 4 is 11.8 Å². The van der Waals surface area contributed by atoms with Crippen LogP contribution in [0.4, 0.5) is 0 Å². The largest absolute Gasteiger partial charge is 0.396 e. The van der Waals surface area contributed by atoms with E-state index in [1.807, 2.05) is 0 Å². The molecule has 0 aliphatic carbocycles.